The molecule has 1 aromatic heterocycles. The molecule has 0 saturated carbocycles. The molecular weight excluding hydrogens is 206 g/mol. The van der Waals surface area contributed by atoms with E-state index in [1.54, 1.807) is 12.1 Å². The SMILES string of the molecule is CN(CCO)c1ccc2ccc(=O)oc2c1. The highest BCUT2D eigenvalue weighted by Gasteiger charge is 2.03. The molecule has 2 aromatic rings. The summed E-state index contributed by atoms with van der Waals surface area (Å²) in [6.45, 7) is 0.635. The molecule has 2 rings (SSSR count). The van der Waals surface area contributed by atoms with Crippen molar-refractivity contribution in [3.8, 4) is 0 Å². The van der Waals surface area contributed by atoms with Crippen molar-refractivity contribution in [1.29, 1.82) is 0 Å². The van der Waals surface area contributed by atoms with E-state index in [0.29, 0.717) is 12.1 Å². The first-order valence-corrected chi connectivity index (χ1v) is 5.06. The summed E-state index contributed by atoms with van der Waals surface area (Å²) < 4.78 is 5.09. The van der Waals surface area contributed by atoms with Gasteiger partial charge in [-0.3, -0.25) is 0 Å². The quantitative estimate of drug-likeness (QED) is 0.789. The largest absolute Gasteiger partial charge is 0.423 e. The molecule has 1 N–H and O–H groups in total. The van der Waals surface area contributed by atoms with Gasteiger partial charge < -0.3 is 14.4 Å². The Bertz CT molecular complexity index is 547. The molecule has 0 aliphatic rings. The van der Waals surface area contributed by atoms with Crippen molar-refractivity contribution in [2.45, 2.75) is 0 Å². The number of fused-ring (bicyclic) bond motifs is 1. The Hall–Kier alpha value is -1.81. The zero-order chi connectivity index (χ0) is 11.5. The number of hydrogen-bond donors (Lipinski definition) is 1. The van der Waals surface area contributed by atoms with Crippen LogP contribution in [0.5, 0.6) is 0 Å². The summed E-state index contributed by atoms with van der Waals surface area (Å²) in [5.74, 6) is 0. The molecular formula is C12H13NO3. The monoisotopic (exact) mass is 219 g/mol. The fourth-order valence-corrected chi connectivity index (χ4v) is 1.57. The molecule has 0 fully saturated rings. The molecule has 1 aromatic carbocycles. The normalized spacial score (nSPS) is 10.6. The van der Waals surface area contributed by atoms with Crippen molar-refractivity contribution < 1.29 is 9.52 Å². The Morgan fingerprint density at radius 2 is 2.06 bits per heavy atom. The molecule has 1 heterocycles. The number of rotatable bonds is 3. The third-order valence-corrected chi connectivity index (χ3v) is 2.48. The second kappa shape index (κ2) is 4.37. The summed E-state index contributed by atoms with van der Waals surface area (Å²) in [7, 11) is 1.87. The van der Waals surface area contributed by atoms with E-state index >= 15 is 0 Å². The van der Waals surface area contributed by atoms with Gasteiger partial charge in [-0.25, -0.2) is 4.79 Å². The molecule has 0 spiro atoms. The summed E-state index contributed by atoms with van der Waals surface area (Å²) in [6, 6.07) is 8.75. The van der Waals surface area contributed by atoms with Crippen molar-refractivity contribution in [2.75, 3.05) is 25.1 Å². The maximum absolute atomic E-state index is 11.1. The van der Waals surface area contributed by atoms with E-state index in [9.17, 15) is 4.79 Å². The average Bonchev–Trinajstić information content (AvgIpc) is 2.28. The number of benzene rings is 1. The maximum Gasteiger partial charge on any atom is 0.336 e. The van der Waals surface area contributed by atoms with Gasteiger partial charge in [0.05, 0.1) is 6.61 Å². The van der Waals surface area contributed by atoms with Gasteiger partial charge in [-0.1, -0.05) is 0 Å². The van der Waals surface area contributed by atoms with Crippen LogP contribution in [0.1, 0.15) is 0 Å². The Kier molecular flexibility index (Phi) is 2.92. The lowest BCUT2D eigenvalue weighted by molar-refractivity contribution is 0.304. The van der Waals surface area contributed by atoms with E-state index in [-0.39, 0.29) is 12.2 Å². The highest BCUT2D eigenvalue weighted by atomic mass is 16.4. The van der Waals surface area contributed by atoms with Crippen LogP contribution in [0.4, 0.5) is 5.69 Å². The molecule has 16 heavy (non-hydrogen) atoms. The average molecular weight is 219 g/mol. The Morgan fingerprint density at radius 3 is 2.81 bits per heavy atom. The Morgan fingerprint density at radius 1 is 1.31 bits per heavy atom. The molecule has 0 aliphatic carbocycles. The summed E-state index contributed by atoms with van der Waals surface area (Å²) in [6.07, 6.45) is 0. The molecule has 0 amide bonds. The first-order valence-electron chi connectivity index (χ1n) is 5.06. The van der Waals surface area contributed by atoms with E-state index in [2.05, 4.69) is 0 Å². The predicted octanol–water partition coefficient (Wildman–Crippen LogP) is 1.22. The highest BCUT2D eigenvalue weighted by Crippen LogP contribution is 2.19. The van der Waals surface area contributed by atoms with Crippen LogP contribution in [0.3, 0.4) is 0 Å². The van der Waals surface area contributed by atoms with Gasteiger partial charge in [0, 0.05) is 36.8 Å². The van der Waals surface area contributed by atoms with Crippen LogP contribution >= 0.6 is 0 Å². The van der Waals surface area contributed by atoms with Gasteiger partial charge in [-0.15, -0.1) is 0 Å². The van der Waals surface area contributed by atoms with E-state index in [1.807, 2.05) is 24.1 Å². The summed E-state index contributed by atoms with van der Waals surface area (Å²) >= 11 is 0. The zero-order valence-electron chi connectivity index (χ0n) is 9.01. The van der Waals surface area contributed by atoms with Gasteiger partial charge in [0.15, 0.2) is 0 Å². The fraction of sp³-hybridized carbons (Fsp3) is 0.250. The molecule has 0 aliphatic heterocycles. The standard InChI is InChI=1S/C12H13NO3/c1-13(6-7-14)10-4-2-9-3-5-12(15)16-11(9)8-10/h2-5,8,14H,6-7H2,1H3. The minimum Gasteiger partial charge on any atom is -0.423 e. The fourth-order valence-electron chi connectivity index (χ4n) is 1.57. The third kappa shape index (κ3) is 2.06. The minimum absolute atomic E-state index is 0.0906. The van der Waals surface area contributed by atoms with Crippen molar-refractivity contribution in [3.05, 3.63) is 40.8 Å². The minimum atomic E-state index is -0.352. The Balaban J connectivity index is 2.46. The number of likely N-dealkylation sites (N-methyl/N-ethyl adjacent to an activating group) is 1. The van der Waals surface area contributed by atoms with Gasteiger partial charge in [0.25, 0.3) is 0 Å². The molecule has 0 radical (unpaired) electrons. The van der Waals surface area contributed by atoms with Crippen LogP contribution in [0.25, 0.3) is 11.0 Å². The van der Waals surface area contributed by atoms with Crippen LogP contribution in [-0.2, 0) is 0 Å². The number of nitrogens with zero attached hydrogens (tertiary/aromatic N) is 1. The molecule has 4 nitrogen and oxygen atoms in total. The summed E-state index contributed by atoms with van der Waals surface area (Å²) in [5.41, 5.74) is 1.13. The van der Waals surface area contributed by atoms with Crippen molar-refractivity contribution in [1.82, 2.24) is 0 Å². The first-order chi connectivity index (χ1) is 7.70. The van der Waals surface area contributed by atoms with Gasteiger partial charge >= 0.3 is 5.63 Å². The molecule has 84 valence electrons. The predicted molar refractivity (Wildman–Crippen MR) is 62.8 cm³/mol. The molecule has 4 heteroatoms. The number of anilines is 1. The van der Waals surface area contributed by atoms with Gasteiger partial charge in [0.1, 0.15) is 5.58 Å². The van der Waals surface area contributed by atoms with Crippen LogP contribution in [-0.4, -0.2) is 25.3 Å². The number of hydrogen-bond acceptors (Lipinski definition) is 4. The number of aliphatic hydroxyl groups excluding tert-OH is 1. The lowest BCUT2D eigenvalue weighted by Crippen LogP contribution is -2.20. The molecule has 0 bridgehead atoms. The second-order valence-electron chi connectivity index (χ2n) is 3.62. The molecule has 0 unspecified atom stereocenters. The second-order valence-corrected chi connectivity index (χ2v) is 3.62. The van der Waals surface area contributed by atoms with E-state index < -0.39 is 0 Å². The Labute approximate surface area is 92.7 Å². The van der Waals surface area contributed by atoms with Crippen LogP contribution in [0.15, 0.2) is 39.5 Å². The third-order valence-electron chi connectivity index (χ3n) is 2.48. The lowest BCUT2D eigenvalue weighted by atomic mass is 10.2. The van der Waals surface area contributed by atoms with E-state index in [0.717, 1.165) is 11.1 Å². The van der Waals surface area contributed by atoms with Crippen molar-refractivity contribution in [2.24, 2.45) is 0 Å². The van der Waals surface area contributed by atoms with Crippen LogP contribution < -0.4 is 10.5 Å². The van der Waals surface area contributed by atoms with E-state index in [4.69, 9.17) is 9.52 Å². The maximum atomic E-state index is 11.1. The lowest BCUT2D eigenvalue weighted by Gasteiger charge is -2.17. The summed E-state index contributed by atoms with van der Waals surface area (Å²) in [5, 5.41) is 9.73. The van der Waals surface area contributed by atoms with Gasteiger partial charge in [0.2, 0.25) is 0 Å². The van der Waals surface area contributed by atoms with Crippen molar-refractivity contribution in [3.63, 3.8) is 0 Å². The smallest absolute Gasteiger partial charge is 0.336 e. The summed E-state index contributed by atoms with van der Waals surface area (Å²) in [4.78, 5) is 13.0. The van der Waals surface area contributed by atoms with Crippen LogP contribution in [0.2, 0.25) is 0 Å². The van der Waals surface area contributed by atoms with Crippen LogP contribution in [0, 0.1) is 0 Å². The zero-order valence-corrected chi connectivity index (χ0v) is 9.01. The van der Waals surface area contributed by atoms with Crippen molar-refractivity contribution >= 4 is 16.7 Å². The van der Waals surface area contributed by atoms with Gasteiger partial charge in [-0.2, -0.15) is 0 Å². The highest BCUT2D eigenvalue weighted by molar-refractivity contribution is 5.80. The van der Waals surface area contributed by atoms with E-state index in [1.165, 1.54) is 6.07 Å². The van der Waals surface area contributed by atoms with Gasteiger partial charge in [-0.05, 0) is 18.2 Å². The number of aliphatic hydroxyl groups is 1. The molecule has 0 saturated heterocycles. The topological polar surface area (TPSA) is 53.7 Å². The first kappa shape index (κ1) is 10.7. The molecule has 0 atom stereocenters.